The normalized spacial score (nSPS) is 19.7. The summed E-state index contributed by atoms with van der Waals surface area (Å²) in [5.41, 5.74) is 1.36. The fourth-order valence-electron chi connectivity index (χ4n) is 2.22. The van der Waals surface area contributed by atoms with Crippen molar-refractivity contribution in [2.45, 2.75) is 39.7 Å². The van der Waals surface area contributed by atoms with Crippen molar-refractivity contribution in [3.8, 4) is 0 Å². The van der Waals surface area contributed by atoms with E-state index in [1.165, 1.54) is 0 Å². The first kappa shape index (κ1) is 13.5. The summed E-state index contributed by atoms with van der Waals surface area (Å²) >= 11 is 3.41. The molecule has 0 spiro atoms. The SMILES string of the molecule is CC1(C)CCC(=O)N(Cc2cncc(Br)c2)CC1. The monoisotopic (exact) mass is 310 g/mol. The van der Waals surface area contributed by atoms with Gasteiger partial charge in [-0.3, -0.25) is 9.78 Å². The van der Waals surface area contributed by atoms with Crippen molar-refractivity contribution in [3.63, 3.8) is 0 Å². The zero-order valence-electron chi connectivity index (χ0n) is 10.9. The van der Waals surface area contributed by atoms with E-state index in [0.717, 1.165) is 29.4 Å². The Morgan fingerprint density at radius 3 is 2.89 bits per heavy atom. The molecule has 1 aliphatic heterocycles. The van der Waals surface area contributed by atoms with E-state index in [0.29, 0.717) is 13.0 Å². The molecule has 1 aromatic rings. The minimum absolute atomic E-state index is 0.264. The molecule has 2 heterocycles. The van der Waals surface area contributed by atoms with Gasteiger partial charge in [0.05, 0.1) is 0 Å². The van der Waals surface area contributed by atoms with E-state index in [1.807, 2.05) is 17.2 Å². The number of amides is 1. The van der Waals surface area contributed by atoms with Gasteiger partial charge in [-0.2, -0.15) is 0 Å². The van der Waals surface area contributed by atoms with E-state index < -0.39 is 0 Å². The van der Waals surface area contributed by atoms with Crippen LogP contribution in [0, 0.1) is 5.41 Å². The molecule has 1 aliphatic rings. The van der Waals surface area contributed by atoms with Gasteiger partial charge in [0.15, 0.2) is 0 Å². The summed E-state index contributed by atoms with van der Waals surface area (Å²) < 4.78 is 0.961. The number of pyridine rings is 1. The smallest absolute Gasteiger partial charge is 0.222 e. The number of carbonyl (C=O) groups is 1. The second-order valence-corrected chi connectivity index (χ2v) is 6.66. The standard InChI is InChI=1S/C14H19BrN2O/c1-14(2)4-3-13(18)17(6-5-14)10-11-7-12(15)9-16-8-11/h7-9H,3-6,10H2,1-2H3. The third-order valence-electron chi connectivity index (χ3n) is 3.56. The lowest BCUT2D eigenvalue weighted by atomic mass is 9.85. The number of rotatable bonds is 2. The molecule has 1 fully saturated rings. The summed E-state index contributed by atoms with van der Waals surface area (Å²) in [6, 6.07) is 2.02. The van der Waals surface area contributed by atoms with Crippen LogP contribution in [0.25, 0.3) is 0 Å². The lowest BCUT2D eigenvalue weighted by Gasteiger charge is -2.23. The predicted octanol–water partition coefficient (Wildman–Crippen LogP) is 3.38. The molecule has 0 aromatic carbocycles. The van der Waals surface area contributed by atoms with Crippen molar-refractivity contribution in [2.24, 2.45) is 5.41 Å². The Bertz CT molecular complexity index is 445. The Hall–Kier alpha value is -0.900. The molecule has 0 bridgehead atoms. The Balaban J connectivity index is 2.06. The van der Waals surface area contributed by atoms with Crippen LogP contribution in [0.4, 0.5) is 0 Å². The number of carbonyl (C=O) groups excluding carboxylic acids is 1. The molecule has 0 unspecified atom stereocenters. The molecule has 2 rings (SSSR count). The van der Waals surface area contributed by atoms with Gasteiger partial charge in [0.2, 0.25) is 5.91 Å². The summed E-state index contributed by atoms with van der Waals surface area (Å²) in [5, 5.41) is 0. The maximum atomic E-state index is 12.1. The van der Waals surface area contributed by atoms with Gasteiger partial charge < -0.3 is 4.90 Å². The van der Waals surface area contributed by atoms with Crippen LogP contribution in [0.3, 0.4) is 0 Å². The lowest BCUT2D eigenvalue weighted by Crippen LogP contribution is -2.30. The highest BCUT2D eigenvalue weighted by Crippen LogP contribution is 2.30. The Kier molecular flexibility index (Phi) is 4.05. The molecular formula is C14H19BrN2O. The molecule has 4 heteroatoms. The van der Waals surface area contributed by atoms with Gasteiger partial charge in [-0.25, -0.2) is 0 Å². The zero-order chi connectivity index (χ0) is 13.2. The van der Waals surface area contributed by atoms with Gasteiger partial charge in [-0.05, 0) is 45.8 Å². The first-order valence-corrected chi connectivity index (χ1v) is 7.13. The van der Waals surface area contributed by atoms with Crippen LogP contribution >= 0.6 is 15.9 Å². The van der Waals surface area contributed by atoms with Gasteiger partial charge >= 0.3 is 0 Å². The van der Waals surface area contributed by atoms with Crippen molar-refractivity contribution < 1.29 is 4.79 Å². The molecule has 0 N–H and O–H groups in total. The van der Waals surface area contributed by atoms with Gasteiger partial charge in [-0.15, -0.1) is 0 Å². The predicted molar refractivity (Wildman–Crippen MR) is 75.0 cm³/mol. The maximum Gasteiger partial charge on any atom is 0.222 e. The molecule has 1 amide bonds. The van der Waals surface area contributed by atoms with Gasteiger partial charge in [0.1, 0.15) is 0 Å². The molecular weight excluding hydrogens is 292 g/mol. The molecule has 0 aliphatic carbocycles. The summed E-state index contributed by atoms with van der Waals surface area (Å²) in [4.78, 5) is 18.2. The van der Waals surface area contributed by atoms with E-state index in [1.54, 1.807) is 6.20 Å². The Morgan fingerprint density at radius 1 is 1.39 bits per heavy atom. The average molecular weight is 311 g/mol. The van der Waals surface area contributed by atoms with E-state index in [9.17, 15) is 4.79 Å². The fraction of sp³-hybridized carbons (Fsp3) is 0.571. The van der Waals surface area contributed by atoms with Gasteiger partial charge in [0, 0.05) is 36.4 Å². The number of aromatic nitrogens is 1. The highest BCUT2D eigenvalue weighted by atomic mass is 79.9. The number of halogens is 1. The second-order valence-electron chi connectivity index (χ2n) is 5.74. The number of likely N-dealkylation sites (tertiary alicyclic amines) is 1. The fourth-order valence-corrected chi connectivity index (χ4v) is 2.63. The van der Waals surface area contributed by atoms with E-state index >= 15 is 0 Å². The van der Waals surface area contributed by atoms with Crippen LogP contribution < -0.4 is 0 Å². The van der Waals surface area contributed by atoms with E-state index in [2.05, 4.69) is 34.8 Å². The largest absolute Gasteiger partial charge is 0.338 e. The maximum absolute atomic E-state index is 12.1. The molecule has 98 valence electrons. The molecule has 18 heavy (non-hydrogen) atoms. The molecule has 0 radical (unpaired) electrons. The van der Waals surface area contributed by atoms with Crippen LogP contribution in [0.5, 0.6) is 0 Å². The highest BCUT2D eigenvalue weighted by Gasteiger charge is 2.27. The molecule has 0 atom stereocenters. The minimum atomic E-state index is 0.264. The molecule has 1 saturated heterocycles. The number of hydrogen-bond donors (Lipinski definition) is 0. The van der Waals surface area contributed by atoms with Crippen molar-refractivity contribution in [1.29, 1.82) is 0 Å². The van der Waals surface area contributed by atoms with E-state index in [4.69, 9.17) is 0 Å². The summed E-state index contributed by atoms with van der Waals surface area (Å²) in [6.07, 6.45) is 6.30. The quantitative estimate of drug-likeness (QED) is 0.839. The third kappa shape index (κ3) is 3.55. The van der Waals surface area contributed by atoms with E-state index in [-0.39, 0.29) is 11.3 Å². The van der Waals surface area contributed by atoms with Crippen LogP contribution in [0.2, 0.25) is 0 Å². The molecule has 1 aromatic heterocycles. The van der Waals surface area contributed by atoms with Crippen molar-refractivity contribution in [3.05, 3.63) is 28.5 Å². The second kappa shape index (κ2) is 5.39. The van der Waals surface area contributed by atoms with Crippen molar-refractivity contribution in [1.82, 2.24) is 9.88 Å². The summed E-state index contributed by atoms with van der Waals surface area (Å²) in [5.74, 6) is 0.264. The van der Waals surface area contributed by atoms with Crippen molar-refractivity contribution >= 4 is 21.8 Å². The average Bonchev–Trinajstić information content (AvgIpc) is 2.42. The van der Waals surface area contributed by atoms with Crippen LogP contribution in [-0.2, 0) is 11.3 Å². The first-order chi connectivity index (χ1) is 8.46. The highest BCUT2D eigenvalue weighted by molar-refractivity contribution is 9.10. The topological polar surface area (TPSA) is 33.2 Å². The number of hydrogen-bond acceptors (Lipinski definition) is 2. The third-order valence-corrected chi connectivity index (χ3v) is 4.00. The minimum Gasteiger partial charge on any atom is -0.338 e. The molecule has 0 saturated carbocycles. The summed E-state index contributed by atoms with van der Waals surface area (Å²) in [6.45, 7) is 5.99. The van der Waals surface area contributed by atoms with Crippen molar-refractivity contribution in [2.75, 3.05) is 6.54 Å². The van der Waals surface area contributed by atoms with Gasteiger partial charge in [0.25, 0.3) is 0 Å². The Morgan fingerprint density at radius 2 is 2.17 bits per heavy atom. The lowest BCUT2D eigenvalue weighted by molar-refractivity contribution is -0.131. The van der Waals surface area contributed by atoms with Crippen LogP contribution in [0.1, 0.15) is 38.7 Å². The van der Waals surface area contributed by atoms with Crippen LogP contribution in [-0.4, -0.2) is 22.3 Å². The summed E-state index contributed by atoms with van der Waals surface area (Å²) in [7, 11) is 0. The molecule has 3 nitrogen and oxygen atoms in total. The van der Waals surface area contributed by atoms with Gasteiger partial charge in [-0.1, -0.05) is 13.8 Å². The zero-order valence-corrected chi connectivity index (χ0v) is 12.5. The van der Waals surface area contributed by atoms with Crippen LogP contribution in [0.15, 0.2) is 22.9 Å². The Labute approximate surface area is 117 Å². The first-order valence-electron chi connectivity index (χ1n) is 6.33. The number of nitrogens with zero attached hydrogens (tertiary/aromatic N) is 2.